The molecule has 30 heavy (non-hydrogen) atoms. The molecule has 4 rings (SSSR count). The number of carbonyl (C=O) groups excluding carboxylic acids is 1. The van der Waals surface area contributed by atoms with E-state index in [1.54, 1.807) is 23.9 Å². The maximum atomic E-state index is 12.6. The van der Waals surface area contributed by atoms with Gasteiger partial charge < -0.3 is 4.90 Å². The van der Waals surface area contributed by atoms with Crippen molar-refractivity contribution in [3.63, 3.8) is 0 Å². The number of nitrogens with two attached hydrogens (primary N) is 1. The number of aromatic nitrogens is 2. The Kier molecular flexibility index (Phi) is 5.44. The number of aryl methyl sites for hydroxylation is 1. The summed E-state index contributed by atoms with van der Waals surface area (Å²) in [6.45, 7) is 4.37. The number of para-hydroxylation sites is 1. The van der Waals surface area contributed by atoms with Gasteiger partial charge in [-0.1, -0.05) is 30.3 Å². The van der Waals surface area contributed by atoms with Crippen molar-refractivity contribution in [2.75, 3.05) is 5.75 Å². The van der Waals surface area contributed by atoms with Gasteiger partial charge in [0.1, 0.15) is 5.37 Å². The molecule has 1 aliphatic rings. The smallest absolute Gasteiger partial charge is 0.238 e. The van der Waals surface area contributed by atoms with Gasteiger partial charge in [-0.05, 0) is 43.7 Å². The van der Waals surface area contributed by atoms with Crippen molar-refractivity contribution in [1.82, 2.24) is 14.7 Å². The summed E-state index contributed by atoms with van der Waals surface area (Å²) < 4.78 is 24.9. The van der Waals surface area contributed by atoms with E-state index in [2.05, 4.69) is 0 Å². The predicted octanol–water partition coefficient (Wildman–Crippen LogP) is 2.91. The van der Waals surface area contributed by atoms with E-state index in [9.17, 15) is 13.2 Å². The van der Waals surface area contributed by atoms with E-state index in [-0.39, 0.29) is 16.2 Å². The monoisotopic (exact) mass is 442 g/mol. The Labute approximate surface area is 179 Å². The van der Waals surface area contributed by atoms with Gasteiger partial charge in [0.25, 0.3) is 0 Å². The number of hydrogen-bond acceptors (Lipinski definition) is 5. The average Bonchev–Trinajstić information content (AvgIpc) is 3.21. The minimum Gasteiger partial charge on any atom is -0.321 e. The van der Waals surface area contributed by atoms with E-state index in [1.165, 1.54) is 12.1 Å². The SMILES string of the molecule is Cc1nn(-c2ccccc2)c(C)c1C1SCC(=O)N1Cc1ccc(S(N)(=O)=O)cc1. The highest BCUT2D eigenvalue weighted by Crippen LogP contribution is 2.42. The van der Waals surface area contributed by atoms with Gasteiger partial charge in [-0.25, -0.2) is 18.2 Å². The fraction of sp³-hybridized carbons (Fsp3) is 0.238. The topological polar surface area (TPSA) is 98.3 Å². The summed E-state index contributed by atoms with van der Waals surface area (Å²) >= 11 is 1.58. The Morgan fingerprint density at radius 2 is 1.77 bits per heavy atom. The lowest BCUT2D eigenvalue weighted by Crippen LogP contribution is -2.28. The molecule has 1 aliphatic heterocycles. The van der Waals surface area contributed by atoms with Crippen LogP contribution in [0.4, 0.5) is 0 Å². The van der Waals surface area contributed by atoms with E-state index < -0.39 is 10.0 Å². The van der Waals surface area contributed by atoms with Gasteiger partial charge in [0.05, 0.1) is 22.0 Å². The lowest BCUT2D eigenvalue weighted by Gasteiger charge is -2.24. The Bertz CT molecular complexity index is 1190. The quantitative estimate of drug-likeness (QED) is 0.655. The number of carbonyl (C=O) groups is 1. The molecule has 1 atom stereocenters. The molecule has 2 aromatic carbocycles. The summed E-state index contributed by atoms with van der Waals surface area (Å²) in [4.78, 5) is 14.5. The zero-order chi connectivity index (χ0) is 21.5. The van der Waals surface area contributed by atoms with Crippen molar-refractivity contribution in [3.8, 4) is 5.69 Å². The normalized spacial score (nSPS) is 17.0. The standard InChI is InChI=1S/C21H22N4O3S2/c1-14-20(15(2)25(23-14)17-6-4-3-5-7-17)21-24(19(26)13-29-21)12-16-8-10-18(11-9-16)30(22,27)28/h3-11,21H,12-13H2,1-2H3,(H2,22,27,28). The number of rotatable bonds is 5. The van der Waals surface area contributed by atoms with Crippen LogP contribution in [0.2, 0.25) is 0 Å². The van der Waals surface area contributed by atoms with Gasteiger partial charge in [-0.15, -0.1) is 11.8 Å². The number of primary sulfonamides is 1. The largest absolute Gasteiger partial charge is 0.321 e. The average molecular weight is 443 g/mol. The van der Waals surface area contributed by atoms with Crippen molar-refractivity contribution in [2.24, 2.45) is 5.14 Å². The summed E-state index contributed by atoms with van der Waals surface area (Å²) in [5.41, 5.74) is 4.74. The Hall–Kier alpha value is -2.62. The first-order chi connectivity index (χ1) is 14.3. The first kappa shape index (κ1) is 20.6. The minimum absolute atomic E-state index is 0.0479. The van der Waals surface area contributed by atoms with Crippen LogP contribution in [0.1, 0.15) is 27.9 Å². The van der Waals surface area contributed by atoms with Crippen LogP contribution in [0.25, 0.3) is 5.69 Å². The molecule has 2 heterocycles. The number of nitrogens with zero attached hydrogens (tertiary/aromatic N) is 3. The second-order valence-corrected chi connectivity index (χ2v) is 9.84. The highest BCUT2D eigenvalue weighted by Gasteiger charge is 2.36. The molecule has 2 N–H and O–H groups in total. The number of sulfonamides is 1. The molecule has 0 spiro atoms. The molecule has 1 amide bonds. The summed E-state index contributed by atoms with van der Waals surface area (Å²) in [6, 6.07) is 16.2. The number of amides is 1. The van der Waals surface area contributed by atoms with E-state index in [1.807, 2.05) is 53.8 Å². The molecule has 156 valence electrons. The summed E-state index contributed by atoms with van der Waals surface area (Å²) in [5.74, 6) is 0.446. The number of hydrogen-bond donors (Lipinski definition) is 1. The van der Waals surface area contributed by atoms with E-state index in [0.717, 1.165) is 28.2 Å². The van der Waals surface area contributed by atoms with Crippen molar-refractivity contribution < 1.29 is 13.2 Å². The number of benzene rings is 2. The van der Waals surface area contributed by atoms with Gasteiger partial charge in [0.15, 0.2) is 0 Å². The van der Waals surface area contributed by atoms with Crippen LogP contribution >= 0.6 is 11.8 Å². The fourth-order valence-corrected chi connectivity index (χ4v) is 5.54. The summed E-state index contributed by atoms with van der Waals surface area (Å²) in [6.07, 6.45) is 0. The number of thioether (sulfide) groups is 1. The molecule has 1 aromatic heterocycles. The van der Waals surface area contributed by atoms with Crippen LogP contribution < -0.4 is 5.14 Å². The zero-order valence-electron chi connectivity index (χ0n) is 16.6. The Morgan fingerprint density at radius 3 is 2.40 bits per heavy atom. The molecule has 1 fully saturated rings. The maximum Gasteiger partial charge on any atom is 0.238 e. The van der Waals surface area contributed by atoms with Gasteiger partial charge >= 0.3 is 0 Å². The highest BCUT2D eigenvalue weighted by atomic mass is 32.2. The van der Waals surface area contributed by atoms with Crippen LogP contribution in [-0.4, -0.2) is 34.8 Å². The summed E-state index contributed by atoms with van der Waals surface area (Å²) in [5, 5.41) is 9.74. The third-order valence-electron chi connectivity index (χ3n) is 5.17. The van der Waals surface area contributed by atoms with Crippen LogP contribution in [0.5, 0.6) is 0 Å². The molecule has 3 aromatic rings. The first-order valence-corrected chi connectivity index (χ1v) is 12.0. The van der Waals surface area contributed by atoms with E-state index in [0.29, 0.717) is 12.3 Å². The second-order valence-electron chi connectivity index (χ2n) is 7.21. The van der Waals surface area contributed by atoms with E-state index in [4.69, 9.17) is 10.2 Å². The van der Waals surface area contributed by atoms with Crippen LogP contribution in [-0.2, 0) is 21.4 Å². The van der Waals surface area contributed by atoms with Crippen LogP contribution in [0.15, 0.2) is 59.5 Å². The van der Waals surface area contributed by atoms with Crippen molar-refractivity contribution in [1.29, 1.82) is 0 Å². The van der Waals surface area contributed by atoms with Gasteiger partial charge in [0, 0.05) is 17.8 Å². The van der Waals surface area contributed by atoms with Crippen LogP contribution in [0, 0.1) is 13.8 Å². The lowest BCUT2D eigenvalue weighted by molar-refractivity contribution is -0.128. The zero-order valence-corrected chi connectivity index (χ0v) is 18.3. The molecular weight excluding hydrogens is 420 g/mol. The Morgan fingerprint density at radius 1 is 1.10 bits per heavy atom. The van der Waals surface area contributed by atoms with Crippen molar-refractivity contribution in [2.45, 2.75) is 30.7 Å². The molecule has 0 saturated carbocycles. The van der Waals surface area contributed by atoms with E-state index >= 15 is 0 Å². The Balaban J connectivity index is 1.65. The third-order valence-corrected chi connectivity index (χ3v) is 7.32. The second kappa shape index (κ2) is 7.90. The maximum absolute atomic E-state index is 12.6. The van der Waals surface area contributed by atoms with Crippen molar-refractivity contribution >= 4 is 27.7 Å². The summed E-state index contributed by atoms with van der Waals surface area (Å²) in [7, 11) is -3.74. The molecular formula is C21H22N4O3S2. The molecule has 0 radical (unpaired) electrons. The third kappa shape index (κ3) is 3.88. The minimum atomic E-state index is -3.74. The fourth-order valence-electron chi connectivity index (χ4n) is 3.68. The molecule has 0 aliphatic carbocycles. The first-order valence-electron chi connectivity index (χ1n) is 9.40. The molecule has 1 saturated heterocycles. The molecule has 1 unspecified atom stereocenters. The molecule has 7 nitrogen and oxygen atoms in total. The van der Waals surface area contributed by atoms with Gasteiger partial charge in [-0.3, -0.25) is 4.79 Å². The predicted molar refractivity (Wildman–Crippen MR) is 117 cm³/mol. The van der Waals surface area contributed by atoms with Crippen LogP contribution in [0.3, 0.4) is 0 Å². The highest BCUT2D eigenvalue weighted by molar-refractivity contribution is 8.00. The lowest BCUT2D eigenvalue weighted by atomic mass is 10.1. The molecule has 9 heteroatoms. The van der Waals surface area contributed by atoms with Gasteiger partial charge in [-0.2, -0.15) is 5.10 Å². The van der Waals surface area contributed by atoms with Gasteiger partial charge in [0.2, 0.25) is 15.9 Å². The molecule has 0 bridgehead atoms. The van der Waals surface area contributed by atoms with Crippen molar-refractivity contribution in [3.05, 3.63) is 77.1 Å².